The molecular formula is C12H12FNO. The number of hydrogen-bond donors (Lipinski definition) is 1. The van der Waals surface area contributed by atoms with Gasteiger partial charge in [-0.05, 0) is 43.0 Å². The normalized spacial score (nSPS) is 15.1. The Kier molecular flexibility index (Phi) is 2.54. The number of Topliss-reactive ketones (excluding diaryl/α,β-unsaturated/α-hetero) is 1. The topological polar surface area (TPSA) is 43.1 Å². The van der Waals surface area contributed by atoms with Gasteiger partial charge in [-0.3, -0.25) is 4.79 Å². The Balaban J connectivity index is 2.33. The highest BCUT2D eigenvalue weighted by molar-refractivity contribution is 6.11. The van der Waals surface area contributed by atoms with Crippen LogP contribution >= 0.6 is 0 Å². The van der Waals surface area contributed by atoms with Crippen LogP contribution in [0.5, 0.6) is 0 Å². The third-order valence-electron chi connectivity index (χ3n) is 2.59. The molecule has 0 fully saturated rings. The van der Waals surface area contributed by atoms with Crippen molar-refractivity contribution in [3.8, 4) is 0 Å². The Morgan fingerprint density at radius 3 is 2.80 bits per heavy atom. The van der Waals surface area contributed by atoms with Gasteiger partial charge in [0.25, 0.3) is 0 Å². The smallest absolute Gasteiger partial charge is 0.190 e. The average Bonchev–Trinajstić information content (AvgIpc) is 2.69. The molecule has 0 saturated heterocycles. The van der Waals surface area contributed by atoms with Gasteiger partial charge >= 0.3 is 0 Å². The molecule has 2 rings (SSSR count). The Labute approximate surface area is 87.6 Å². The van der Waals surface area contributed by atoms with Crippen LogP contribution in [0.15, 0.2) is 29.8 Å². The van der Waals surface area contributed by atoms with E-state index in [4.69, 9.17) is 5.73 Å². The molecule has 0 spiro atoms. The predicted molar refractivity (Wildman–Crippen MR) is 57.1 cm³/mol. The summed E-state index contributed by atoms with van der Waals surface area (Å²) in [4.78, 5) is 11.9. The van der Waals surface area contributed by atoms with Gasteiger partial charge in [-0.2, -0.15) is 0 Å². The highest BCUT2D eigenvalue weighted by Crippen LogP contribution is 2.24. The number of allylic oxidation sites excluding steroid dienone is 2. The number of carbonyl (C=O) groups is 1. The molecule has 0 heterocycles. The molecule has 2 nitrogen and oxygen atoms in total. The molecule has 0 atom stereocenters. The van der Waals surface area contributed by atoms with E-state index in [1.54, 1.807) is 0 Å². The maximum Gasteiger partial charge on any atom is 0.190 e. The predicted octanol–water partition coefficient (Wildman–Crippen LogP) is 2.70. The molecule has 0 radical (unpaired) electrons. The van der Waals surface area contributed by atoms with Gasteiger partial charge in [0.05, 0.1) is 0 Å². The van der Waals surface area contributed by atoms with Crippen LogP contribution in [-0.4, -0.2) is 5.78 Å². The Bertz CT molecular complexity index is 437. The highest BCUT2D eigenvalue weighted by Gasteiger charge is 2.17. The largest absolute Gasteiger partial charge is 0.398 e. The highest BCUT2D eigenvalue weighted by atomic mass is 19.1. The SMILES string of the molecule is Nc1cc(F)ccc1C(=O)C1=CCCC1. The zero-order valence-corrected chi connectivity index (χ0v) is 8.29. The van der Waals surface area contributed by atoms with Gasteiger partial charge in [-0.1, -0.05) is 6.08 Å². The molecular weight excluding hydrogens is 193 g/mol. The fraction of sp³-hybridized carbons (Fsp3) is 0.250. The lowest BCUT2D eigenvalue weighted by atomic mass is 10.0. The van der Waals surface area contributed by atoms with Crippen LogP contribution in [0.1, 0.15) is 29.6 Å². The van der Waals surface area contributed by atoms with Gasteiger partial charge in [-0.25, -0.2) is 4.39 Å². The molecule has 0 aromatic heterocycles. The van der Waals surface area contributed by atoms with Crippen LogP contribution in [0.25, 0.3) is 0 Å². The number of rotatable bonds is 2. The average molecular weight is 205 g/mol. The number of ketones is 1. The van der Waals surface area contributed by atoms with Gasteiger partial charge < -0.3 is 5.73 Å². The fourth-order valence-corrected chi connectivity index (χ4v) is 1.79. The van der Waals surface area contributed by atoms with Crippen LogP contribution in [0.3, 0.4) is 0 Å². The summed E-state index contributed by atoms with van der Waals surface area (Å²) in [6, 6.07) is 3.90. The summed E-state index contributed by atoms with van der Waals surface area (Å²) < 4.78 is 12.8. The molecule has 0 bridgehead atoms. The first-order chi connectivity index (χ1) is 7.18. The molecule has 0 aliphatic heterocycles. The third kappa shape index (κ3) is 1.91. The Morgan fingerprint density at radius 1 is 1.40 bits per heavy atom. The van der Waals surface area contributed by atoms with E-state index in [1.807, 2.05) is 6.08 Å². The van der Waals surface area contributed by atoms with Gasteiger partial charge in [0.15, 0.2) is 5.78 Å². The van der Waals surface area contributed by atoms with Crippen molar-refractivity contribution in [2.75, 3.05) is 5.73 Å². The molecule has 15 heavy (non-hydrogen) atoms. The first-order valence-corrected chi connectivity index (χ1v) is 4.97. The quantitative estimate of drug-likeness (QED) is 0.595. The van der Waals surface area contributed by atoms with Gasteiger partial charge in [-0.15, -0.1) is 0 Å². The summed E-state index contributed by atoms with van der Waals surface area (Å²) in [5.41, 5.74) is 7.02. The van der Waals surface area contributed by atoms with E-state index in [-0.39, 0.29) is 11.5 Å². The first kappa shape index (κ1) is 9.90. The summed E-state index contributed by atoms with van der Waals surface area (Å²) in [5.74, 6) is -0.477. The van der Waals surface area contributed by atoms with Crippen molar-refractivity contribution >= 4 is 11.5 Å². The molecule has 1 aromatic carbocycles. The van der Waals surface area contributed by atoms with Crippen molar-refractivity contribution in [3.05, 3.63) is 41.2 Å². The molecule has 2 N–H and O–H groups in total. The van der Waals surface area contributed by atoms with Crippen molar-refractivity contribution in [1.29, 1.82) is 0 Å². The molecule has 1 aromatic rings. The summed E-state index contributed by atoms with van der Waals surface area (Å²) in [7, 11) is 0. The van der Waals surface area contributed by atoms with Crippen LogP contribution in [0, 0.1) is 5.82 Å². The summed E-state index contributed by atoms with van der Waals surface area (Å²) in [5, 5.41) is 0. The number of carbonyl (C=O) groups excluding carboxylic acids is 1. The second kappa shape index (κ2) is 3.85. The molecule has 1 aliphatic carbocycles. The van der Waals surface area contributed by atoms with E-state index in [2.05, 4.69) is 0 Å². The number of nitrogen functional groups attached to an aromatic ring is 1. The number of anilines is 1. The molecule has 0 unspecified atom stereocenters. The van der Waals surface area contributed by atoms with Gasteiger partial charge in [0.2, 0.25) is 0 Å². The third-order valence-corrected chi connectivity index (χ3v) is 2.59. The van der Waals surface area contributed by atoms with E-state index in [1.165, 1.54) is 18.2 Å². The van der Waals surface area contributed by atoms with Crippen molar-refractivity contribution in [1.82, 2.24) is 0 Å². The van der Waals surface area contributed by atoms with Crippen LogP contribution in [-0.2, 0) is 0 Å². The molecule has 0 amide bonds. The van der Waals surface area contributed by atoms with Gasteiger partial charge in [0, 0.05) is 11.3 Å². The second-order valence-electron chi connectivity index (χ2n) is 3.68. The van der Waals surface area contributed by atoms with E-state index in [0.29, 0.717) is 5.56 Å². The van der Waals surface area contributed by atoms with Crippen LogP contribution < -0.4 is 5.73 Å². The number of benzene rings is 1. The lowest BCUT2D eigenvalue weighted by Gasteiger charge is -2.05. The Hall–Kier alpha value is -1.64. The Morgan fingerprint density at radius 2 is 2.20 bits per heavy atom. The summed E-state index contributed by atoms with van der Waals surface area (Å²) >= 11 is 0. The lowest BCUT2D eigenvalue weighted by molar-refractivity contribution is 0.103. The zero-order chi connectivity index (χ0) is 10.8. The van der Waals surface area contributed by atoms with Crippen molar-refractivity contribution in [3.63, 3.8) is 0 Å². The molecule has 78 valence electrons. The van der Waals surface area contributed by atoms with Crippen molar-refractivity contribution in [2.24, 2.45) is 0 Å². The van der Waals surface area contributed by atoms with Crippen LogP contribution in [0.2, 0.25) is 0 Å². The van der Waals surface area contributed by atoms with E-state index in [0.717, 1.165) is 24.8 Å². The molecule has 3 heteroatoms. The van der Waals surface area contributed by atoms with Crippen molar-refractivity contribution < 1.29 is 9.18 Å². The van der Waals surface area contributed by atoms with Crippen LogP contribution in [0.4, 0.5) is 10.1 Å². The minimum Gasteiger partial charge on any atom is -0.398 e. The number of nitrogens with two attached hydrogens (primary N) is 1. The molecule has 1 aliphatic rings. The number of halogens is 1. The fourth-order valence-electron chi connectivity index (χ4n) is 1.79. The monoisotopic (exact) mass is 205 g/mol. The van der Waals surface area contributed by atoms with E-state index in [9.17, 15) is 9.18 Å². The summed E-state index contributed by atoms with van der Waals surface area (Å²) in [6.45, 7) is 0. The molecule has 0 saturated carbocycles. The van der Waals surface area contributed by atoms with E-state index >= 15 is 0 Å². The minimum absolute atomic E-state index is 0.0648. The number of hydrogen-bond acceptors (Lipinski definition) is 2. The van der Waals surface area contributed by atoms with E-state index < -0.39 is 5.82 Å². The standard InChI is InChI=1S/C12H12FNO/c13-9-5-6-10(11(14)7-9)12(15)8-3-1-2-4-8/h3,5-7H,1-2,4,14H2. The van der Waals surface area contributed by atoms with Gasteiger partial charge in [0.1, 0.15) is 5.82 Å². The first-order valence-electron chi connectivity index (χ1n) is 4.97. The minimum atomic E-state index is -0.413. The summed E-state index contributed by atoms with van der Waals surface area (Å²) in [6.07, 6.45) is 4.70. The maximum atomic E-state index is 12.8. The lowest BCUT2D eigenvalue weighted by Crippen LogP contribution is -2.05. The zero-order valence-electron chi connectivity index (χ0n) is 8.29. The maximum absolute atomic E-state index is 12.8. The second-order valence-corrected chi connectivity index (χ2v) is 3.68. The van der Waals surface area contributed by atoms with Crippen molar-refractivity contribution in [2.45, 2.75) is 19.3 Å².